The fourth-order valence-electron chi connectivity index (χ4n) is 1.74. The highest BCUT2D eigenvalue weighted by Gasteiger charge is 2.12. The van der Waals surface area contributed by atoms with Gasteiger partial charge in [-0.3, -0.25) is 10.1 Å². The third kappa shape index (κ3) is 3.85. The summed E-state index contributed by atoms with van der Waals surface area (Å²) >= 11 is 11.8. The zero-order valence-electron chi connectivity index (χ0n) is 10.8. The Morgan fingerprint density at radius 3 is 2.52 bits per heavy atom. The lowest BCUT2D eigenvalue weighted by molar-refractivity contribution is -0.385. The molecule has 0 amide bonds. The third-order valence-corrected chi connectivity index (χ3v) is 3.41. The van der Waals surface area contributed by atoms with Crippen molar-refractivity contribution >= 4 is 28.9 Å². The smallest absolute Gasteiger partial charge is 0.270 e. The molecule has 5 nitrogen and oxygen atoms in total. The highest BCUT2D eigenvalue weighted by Crippen LogP contribution is 2.27. The molecule has 0 aromatic heterocycles. The van der Waals surface area contributed by atoms with Crippen LogP contribution in [0.15, 0.2) is 36.4 Å². The van der Waals surface area contributed by atoms with Crippen LogP contribution in [0.5, 0.6) is 5.75 Å². The number of rotatable bonds is 5. The van der Waals surface area contributed by atoms with Crippen LogP contribution in [-0.4, -0.2) is 10.0 Å². The van der Waals surface area contributed by atoms with Crippen LogP contribution in [0.2, 0.25) is 10.0 Å². The average molecular weight is 328 g/mol. The van der Waals surface area contributed by atoms with Crippen molar-refractivity contribution in [3.05, 3.63) is 67.7 Å². The van der Waals surface area contributed by atoms with Gasteiger partial charge in [0, 0.05) is 33.3 Å². The normalized spacial score (nSPS) is 10.4. The van der Waals surface area contributed by atoms with Gasteiger partial charge < -0.3 is 9.84 Å². The molecule has 0 bridgehead atoms. The first-order valence-electron chi connectivity index (χ1n) is 5.96. The van der Waals surface area contributed by atoms with Gasteiger partial charge in [-0.1, -0.05) is 29.3 Å². The van der Waals surface area contributed by atoms with Gasteiger partial charge >= 0.3 is 0 Å². The second kappa shape index (κ2) is 6.76. The Hall–Kier alpha value is -1.82. The topological polar surface area (TPSA) is 72.6 Å². The summed E-state index contributed by atoms with van der Waals surface area (Å²) in [6.45, 7) is -0.188. The number of halogens is 2. The molecule has 0 saturated carbocycles. The first kappa shape index (κ1) is 15.6. The van der Waals surface area contributed by atoms with E-state index in [0.29, 0.717) is 21.4 Å². The largest absolute Gasteiger partial charge is 0.488 e. The summed E-state index contributed by atoms with van der Waals surface area (Å²) in [4.78, 5) is 10.2. The lowest BCUT2D eigenvalue weighted by Gasteiger charge is -2.11. The van der Waals surface area contributed by atoms with Gasteiger partial charge in [0.05, 0.1) is 11.5 Å². The minimum atomic E-state index is -0.529. The molecule has 2 aromatic carbocycles. The van der Waals surface area contributed by atoms with Gasteiger partial charge in [-0.05, 0) is 18.2 Å². The van der Waals surface area contributed by atoms with Gasteiger partial charge in [0.25, 0.3) is 5.69 Å². The number of nitro groups is 1. The van der Waals surface area contributed by atoms with E-state index in [2.05, 4.69) is 0 Å². The maximum atomic E-state index is 10.7. The van der Waals surface area contributed by atoms with Crippen molar-refractivity contribution in [2.75, 3.05) is 0 Å². The molecular formula is C14H11Cl2NO4. The summed E-state index contributed by atoms with van der Waals surface area (Å²) in [5.74, 6) is 0.370. The SMILES string of the molecule is O=[N+]([O-])c1ccc(OCc2ccc(Cl)cc2Cl)c(CO)c1. The molecule has 0 fully saturated rings. The number of hydrogen-bond donors (Lipinski definition) is 1. The highest BCUT2D eigenvalue weighted by molar-refractivity contribution is 6.35. The number of hydrogen-bond acceptors (Lipinski definition) is 4. The van der Waals surface area contributed by atoms with Crippen molar-refractivity contribution in [2.24, 2.45) is 0 Å². The van der Waals surface area contributed by atoms with Crippen molar-refractivity contribution in [1.29, 1.82) is 0 Å². The first-order valence-corrected chi connectivity index (χ1v) is 6.71. The Labute approximate surface area is 130 Å². The van der Waals surface area contributed by atoms with E-state index in [9.17, 15) is 15.2 Å². The van der Waals surface area contributed by atoms with Gasteiger partial charge in [-0.25, -0.2) is 0 Å². The Bertz CT molecular complexity index is 676. The molecule has 21 heavy (non-hydrogen) atoms. The molecular weight excluding hydrogens is 317 g/mol. The molecule has 2 aromatic rings. The van der Waals surface area contributed by atoms with E-state index >= 15 is 0 Å². The predicted octanol–water partition coefficient (Wildman–Crippen LogP) is 3.97. The zero-order valence-corrected chi connectivity index (χ0v) is 12.3. The summed E-state index contributed by atoms with van der Waals surface area (Å²) in [7, 11) is 0. The molecule has 0 spiro atoms. The molecule has 110 valence electrons. The first-order chi connectivity index (χ1) is 10.0. The Morgan fingerprint density at radius 1 is 1.14 bits per heavy atom. The summed E-state index contributed by atoms with van der Waals surface area (Å²) in [6, 6.07) is 9.07. The van der Waals surface area contributed by atoms with Crippen LogP contribution in [0, 0.1) is 10.1 Å². The quantitative estimate of drug-likeness (QED) is 0.666. The van der Waals surface area contributed by atoms with E-state index in [1.54, 1.807) is 18.2 Å². The summed E-state index contributed by atoms with van der Waals surface area (Å²) in [5.41, 5.74) is 0.966. The molecule has 0 radical (unpaired) electrons. The fourth-order valence-corrected chi connectivity index (χ4v) is 2.20. The van der Waals surface area contributed by atoms with Crippen LogP contribution in [-0.2, 0) is 13.2 Å². The van der Waals surface area contributed by atoms with Gasteiger partial charge in [-0.15, -0.1) is 0 Å². The van der Waals surface area contributed by atoms with Crippen molar-refractivity contribution in [3.8, 4) is 5.75 Å². The molecule has 0 saturated heterocycles. The fraction of sp³-hybridized carbons (Fsp3) is 0.143. The standard InChI is InChI=1S/C14H11Cl2NO4/c15-11-2-1-9(13(16)6-11)8-21-14-4-3-12(17(19)20)5-10(14)7-18/h1-6,18H,7-8H2. The molecule has 1 N–H and O–H groups in total. The van der Waals surface area contributed by atoms with Gasteiger partial charge in [0.2, 0.25) is 0 Å². The average Bonchev–Trinajstić information content (AvgIpc) is 2.46. The van der Waals surface area contributed by atoms with E-state index in [4.69, 9.17) is 27.9 Å². The number of aliphatic hydroxyl groups excluding tert-OH is 1. The van der Waals surface area contributed by atoms with Gasteiger partial charge in [0.15, 0.2) is 0 Å². The van der Waals surface area contributed by atoms with E-state index < -0.39 is 4.92 Å². The van der Waals surface area contributed by atoms with Crippen molar-refractivity contribution in [2.45, 2.75) is 13.2 Å². The number of aliphatic hydroxyl groups is 1. The number of ether oxygens (including phenoxy) is 1. The lowest BCUT2D eigenvalue weighted by Crippen LogP contribution is -2.00. The second-order valence-corrected chi connectivity index (χ2v) is 5.08. The van der Waals surface area contributed by atoms with Crippen LogP contribution in [0.25, 0.3) is 0 Å². The van der Waals surface area contributed by atoms with E-state index in [1.807, 2.05) is 0 Å². The van der Waals surface area contributed by atoms with Gasteiger partial charge in [-0.2, -0.15) is 0 Å². The maximum absolute atomic E-state index is 10.7. The molecule has 0 heterocycles. The van der Waals surface area contributed by atoms with Gasteiger partial charge in [0.1, 0.15) is 12.4 Å². The molecule has 0 aliphatic carbocycles. The van der Waals surface area contributed by atoms with Crippen LogP contribution in [0.4, 0.5) is 5.69 Å². The summed E-state index contributed by atoms with van der Waals surface area (Å²) in [5, 5.41) is 20.9. The number of nitro benzene ring substituents is 1. The third-order valence-electron chi connectivity index (χ3n) is 2.82. The Kier molecular flexibility index (Phi) is 5.01. The summed E-state index contributed by atoms with van der Waals surface area (Å²) in [6.07, 6.45) is 0. The Balaban J connectivity index is 2.17. The molecule has 0 aliphatic heterocycles. The van der Waals surface area contributed by atoms with Crippen LogP contribution >= 0.6 is 23.2 Å². The minimum absolute atomic E-state index is 0.101. The van der Waals surface area contributed by atoms with Crippen LogP contribution < -0.4 is 4.74 Å². The zero-order chi connectivity index (χ0) is 15.4. The minimum Gasteiger partial charge on any atom is -0.488 e. The predicted molar refractivity (Wildman–Crippen MR) is 79.8 cm³/mol. The molecule has 7 heteroatoms. The molecule has 2 rings (SSSR count). The number of nitrogens with zero attached hydrogens (tertiary/aromatic N) is 1. The lowest BCUT2D eigenvalue weighted by atomic mass is 10.2. The molecule has 0 unspecified atom stereocenters. The van der Waals surface area contributed by atoms with E-state index in [-0.39, 0.29) is 18.9 Å². The second-order valence-electron chi connectivity index (χ2n) is 4.23. The monoisotopic (exact) mass is 327 g/mol. The van der Waals surface area contributed by atoms with E-state index in [1.165, 1.54) is 18.2 Å². The summed E-state index contributed by atoms with van der Waals surface area (Å²) < 4.78 is 5.56. The molecule has 0 aliphatic rings. The highest BCUT2D eigenvalue weighted by atomic mass is 35.5. The van der Waals surface area contributed by atoms with Crippen LogP contribution in [0.1, 0.15) is 11.1 Å². The van der Waals surface area contributed by atoms with Crippen molar-refractivity contribution in [3.63, 3.8) is 0 Å². The van der Waals surface area contributed by atoms with Crippen molar-refractivity contribution in [1.82, 2.24) is 0 Å². The molecule has 0 atom stereocenters. The number of benzene rings is 2. The van der Waals surface area contributed by atoms with Crippen molar-refractivity contribution < 1.29 is 14.8 Å². The Morgan fingerprint density at radius 2 is 1.90 bits per heavy atom. The van der Waals surface area contributed by atoms with Crippen LogP contribution in [0.3, 0.4) is 0 Å². The number of non-ortho nitro benzene ring substituents is 1. The maximum Gasteiger partial charge on any atom is 0.270 e. The van der Waals surface area contributed by atoms with E-state index in [0.717, 1.165) is 5.56 Å².